The summed E-state index contributed by atoms with van der Waals surface area (Å²) in [5, 5.41) is 7.56. The smallest absolute Gasteiger partial charge is 0.453 e. The lowest BCUT2D eigenvalue weighted by Crippen LogP contribution is -2.55. The van der Waals surface area contributed by atoms with Gasteiger partial charge in [-0.15, -0.1) is 13.2 Å². The fourth-order valence-electron chi connectivity index (χ4n) is 7.52. The number of nitrogens with zero attached hydrogens (tertiary/aromatic N) is 5. The number of carbonyl (C=O) groups excluding carboxylic acids is 4. The van der Waals surface area contributed by atoms with E-state index in [0.717, 1.165) is 12.1 Å². The highest BCUT2D eigenvalue weighted by Gasteiger charge is 2.40. The van der Waals surface area contributed by atoms with Gasteiger partial charge >= 0.3 is 18.5 Å². The molecule has 4 aromatic rings. The van der Waals surface area contributed by atoms with E-state index in [1.54, 1.807) is 41.2 Å². The third-order valence-corrected chi connectivity index (χ3v) is 10.6. The van der Waals surface area contributed by atoms with Gasteiger partial charge in [-0.25, -0.2) is 23.9 Å². The number of benzene rings is 2. The van der Waals surface area contributed by atoms with Crippen molar-refractivity contribution in [3.05, 3.63) is 78.1 Å². The summed E-state index contributed by atoms with van der Waals surface area (Å²) < 4.78 is 65.7. The van der Waals surface area contributed by atoms with Crippen LogP contribution in [-0.2, 0) is 9.53 Å². The molecule has 15 nitrogen and oxygen atoms in total. The number of alkyl carbamates (subject to hydrolysis) is 1. The number of likely N-dealkylation sites (tertiary alicyclic amines) is 1. The van der Waals surface area contributed by atoms with Crippen LogP contribution in [0.1, 0.15) is 56.3 Å². The van der Waals surface area contributed by atoms with E-state index in [0.29, 0.717) is 55.5 Å². The van der Waals surface area contributed by atoms with Crippen molar-refractivity contribution in [3.63, 3.8) is 0 Å². The minimum absolute atomic E-state index is 0.0341. The number of anilines is 2. The fraction of sp³-hybridized carbons (Fsp3) is 0.415. The van der Waals surface area contributed by atoms with Crippen LogP contribution in [0.3, 0.4) is 0 Å². The van der Waals surface area contributed by atoms with Gasteiger partial charge in [0.25, 0.3) is 5.91 Å². The van der Waals surface area contributed by atoms with Gasteiger partial charge in [-0.05, 0) is 54.5 Å². The average Bonchev–Trinajstić information content (AvgIpc) is 3.87. The van der Waals surface area contributed by atoms with Crippen molar-refractivity contribution in [1.29, 1.82) is 0 Å². The zero-order valence-corrected chi connectivity index (χ0v) is 33.9. The summed E-state index contributed by atoms with van der Waals surface area (Å²) in [6.07, 6.45) is -2.37. The van der Waals surface area contributed by atoms with Crippen LogP contribution in [0.2, 0.25) is 0 Å². The molecule has 6 rings (SSSR count). The van der Waals surface area contributed by atoms with Crippen LogP contribution in [-0.4, -0.2) is 107 Å². The molecule has 2 aliphatic heterocycles. The van der Waals surface area contributed by atoms with Crippen LogP contribution < -0.4 is 25.6 Å². The quantitative estimate of drug-likeness (QED) is 0.129. The van der Waals surface area contributed by atoms with Crippen molar-refractivity contribution in [2.24, 2.45) is 11.8 Å². The summed E-state index contributed by atoms with van der Waals surface area (Å²) in [5.74, 6) is -1.82. The number of rotatable bonds is 10. The third-order valence-electron chi connectivity index (χ3n) is 10.6. The highest BCUT2D eigenvalue weighted by atomic mass is 19.4. The van der Waals surface area contributed by atoms with Crippen LogP contribution in [0.5, 0.6) is 5.75 Å². The summed E-state index contributed by atoms with van der Waals surface area (Å²) in [5.41, 5.74) is 0.642. The van der Waals surface area contributed by atoms with Crippen molar-refractivity contribution in [2.45, 2.75) is 58.6 Å². The molecule has 2 aliphatic rings. The molecule has 5 amide bonds. The molecule has 4 N–H and O–H groups in total. The SMILES string of the molecule is CNC(=O)N1CCN(c2ccc(C(=O)Nc3cc(OC(F)(F)F)c(-c4ccc(-c5cnc(C6CC(C)CN6C(=O)C(NC(=O)OC)C(C)C)[nH]5)cc4)cc3F)cn2)C(C)C1. The summed E-state index contributed by atoms with van der Waals surface area (Å²) >= 11 is 0. The highest BCUT2D eigenvalue weighted by molar-refractivity contribution is 6.04. The zero-order valence-electron chi connectivity index (χ0n) is 33.9. The Morgan fingerprint density at radius 1 is 0.950 bits per heavy atom. The monoisotopic (exact) mass is 837 g/mol. The predicted molar refractivity (Wildman–Crippen MR) is 214 cm³/mol. The lowest BCUT2D eigenvalue weighted by molar-refractivity contribution is -0.274. The second-order valence-corrected chi connectivity index (χ2v) is 15.2. The highest BCUT2D eigenvalue weighted by Crippen LogP contribution is 2.39. The van der Waals surface area contributed by atoms with E-state index in [4.69, 9.17) is 4.74 Å². The minimum atomic E-state index is -5.14. The molecule has 0 bridgehead atoms. The van der Waals surface area contributed by atoms with Gasteiger partial charge in [-0.2, -0.15) is 0 Å². The van der Waals surface area contributed by atoms with Crippen LogP contribution in [0.25, 0.3) is 22.4 Å². The Kier molecular flexibility index (Phi) is 12.8. The Hall–Kier alpha value is -6.40. The summed E-state index contributed by atoms with van der Waals surface area (Å²) in [4.78, 5) is 68.4. The first-order valence-electron chi connectivity index (χ1n) is 19.4. The molecule has 0 saturated carbocycles. The molecule has 4 unspecified atom stereocenters. The number of hydrogen-bond acceptors (Lipinski definition) is 9. The second kappa shape index (κ2) is 17.8. The number of aromatic nitrogens is 3. The predicted octanol–water partition coefficient (Wildman–Crippen LogP) is 6.57. The number of carbonyl (C=O) groups is 4. The molecule has 0 aliphatic carbocycles. The number of nitrogens with one attached hydrogen (secondary N) is 4. The first kappa shape index (κ1) is 43.2. The first-order chi connectivity index (χ1) is 28.5. The van der Waals surface area contributed by atoms with Crippen molar-refractivity contribution in [1.82, 2.24) is 35.4 Å². The second-order valence-electron chi connectivity index (χ2n) is 15.2. The molecule has 2 saturated heterocycles. The molecular weight excluding hydrogens is 790 g/mol. The summed E-state index contributed by atoms with van der Waals surface area (Å²) in [7, 11) is 2.78. The first-order valence-corrected chi connectivity index (χ1v) is 19.4. The molecule has 2 aromatic carbocycles. The number of aromatic amines is 1. The molecule has 320 valence electrons. The number of halogens is 4. The van der Waals surface area contributed by atoms with Crippen molar-refractivity contribution >= 4 is 35.4 Å². The Bertz CT molecular complexity index is 2200. The fourth-order valence-corrected chi connectivity index (χ4v) is 7.52. The number of urea groups is 1. The van der Waals surface area contributed by atoms with Gasteiger partial charge in [0.05, 0.1) is 36.3 Å². The molecule has 60 heavy (non-hydrogen) atoms. The van der Waals surface area contributed by atoms with Crippen LogP contribution in [0.15, 0.2) is 60.9 Å². The van der Waals surface area contributed by atoms with Gasteiger partial charge in [0.2, 0.25) is 5.91 Å². The van der Waals surface area contributed by atoms with E-state index in [2.05, 4.69) is 35.6 Å². The van der Waals surface area contributed by atoms with E-state index in [1.807, 2.05) is 32.6 Å². The van der Waals surface area contributed by atoms with Gasteiger partial charge in [-0.3, -0.25) is 9.59 Å². The van der Waals surface area contributed by atoms with Crippen LogP contribution in [0.4, 0.5) is 38.7 Å². The largest absolute Gasteiger partial charge is 0.573 e. The molecule has 4 heterocycles. The summed E-state index contributed by atoms with van der Waals surface area (Å²) in [6, 6.07) is 9.45. The van der Waals surface area contributed by atoms with Gasteiger partial charge in [-0.1, -0.05) is 45.0 Å². The maximum absolute atomic E-state index is 15.6. The number of ether oxygens (including phenoxy) is 2. The maximum atomic E-state index is 15.6. The lowest BCUT2D eigenvalue weighted by Gasteiger charge is -2.40. The van der Waals surface area contributed by atoms with Crippen molar-refractivity contribution < 1.29 is 46.2 Å². The number of piperazine rings is 1. The number of imidazole rings is 1. The summed E-state index contributed by atoms with van der Waals surface area (Å²) in [6.45, 7) is 9.46. The number of methoxy groups -OCH3 is 1. The van der Waals surface area contributed by atoms with Crippen molar-refractivity contribution in [2.75, 3.05) is 50.6 Å². The Morgan fingerprint density at radius 2 is 1.67 bits per heavy atom. The van der Waals surface area contributed by atoms with Gasteiger partial charge in [0, 0.05) is 57.1 Å². The van der Waals surface area contributed by atoms with Gasteiger partial charge in [0.15, 0.2) is 0 Å². The molecule has 0 radical (unpaired) electrons. The topological polar surface area (TPSA) is 174 Å². The van der Waals surface area contributed by atoms with Crippen molar-refractivity contribution in [3.8, 4) is 28.1 Å². The van der Waals surface area contributed by atoms with Gasteiger partial charge < -0.3 is 45.1 Å². The van der Waals surface area contributed by atoms with E-state index in [1.165, 1.54) is 31.5 Å². The molecule has 19 heteroatoms. The molecular formula is C41H47F4N9O6. The minimum Gasteiger partial charge on any atom is -0.453 e. The molecule has 2 fully saturated rings. The Morgan fingerprint density at radius 3 is 2.28 bits per heavy atom. The number of pyridine rings is 1. The van der Waals surface area contributed by atoms with Crippen LogP contribution >= 0.6 is 0 Å². The van der Waals surface area contributed by atoms with E-state index >= 15 is 4.39 Å². The average molecular weight is 838 g/mol. The number of amides is 5. The van der Waals surface area contributed by atoms with E-state index < -0.39 is 47.7 Å². The number of H-pyrrole nitrogens is 1. The maximum Gasteiger partial charge on any atom is 0.573 e. The number of hydrogen-bond donors (Lipinski definition) is 4. The standard InChI is InChI=1S/C41H47F4N9O6/c1-22(2)35(51-40(58)59-6)38(56)54-20-23(3)15-32(54)36-48-19-31(49-36)26-9-7-25(8-10-26)28-16-29(42)30(17-33(28)60-41(43,44)45)50-37(55)27-11-12-34(47-18-27)53-14-13-52(21-24(53)4)39(57)46-5/h7-12,16-19,22-24,32,35H,13-15,20-21H2,1-6H3,(H,46,57)(H,48,49)(H,50,55)(H,51,58). The Labute approximate surface area is 343 Å². The zero-order chi connectivity index (χ0) is 43.5. The number of alkyl halides is 3. The van der Waals surface area contributed by atoms with E-state index in [-0.39, 0.29) is 46.5 Å². The van der Waals surface area contributed by atoms with E-state index in [9.17, 15) is 32.3 Å². The third kappa shape index (κ3) is 9.72. The molecule has 0 spiro atoms. The molecule has 4 atom stereocenters. The lowest BCUT2D eigenvalue weighted by atomic mass is 10.0. The normalized spacial score (nSPS) is 18.6. The van der Waals surface area contributed by atoms with Crippen LogP contribution in [0, 0.1) is 17.7 Å². The Balaban J connectivity index is 1.18. The van der Waals surface area contributed by atoms with Gasteiger partial charge in [0.1, 0.15) is 29.3 Å². The molecule has 2 aromatic heterocycles.